The molecule has 0 N–H and O–H groups in total. The Labute approximate surface area is 489 Å². The van der Waals surface area contributed by atoms with Gasteiger partial charge in [0.15, 0.2) is 6.10 Å². The van der Waals surface area contributed by atoms with E-state index in [0.717, 1.165) is 122 Å². The Morgan fingerprint density at radius 1 is 0.266 bits per heavy atom. The zero-order chi connectivity index (χ0) is 57.1. The first-order valence-electron chi connectivity index (χ1n) is 33.7. The van der Waals surface area contributed by atoms with Gasteiger partial charge in [0, 0.05) is 19.3 Å². The van der Waals surface area contributed by atoms with Gasteiger partial charge in [-0.1, -0.05) is 304 Å². The molecule has 0 aromatic heterocycles. The fraction of sp³-hybridized carbons (Fsp3) is 0.740. The number of ether oxygens (including phenoxy) is 3. The maximum Gasteiger partial charge on any atom is 0.306 e. The number of esters is 3. The molecule has 0 bridgehead atoms. The minimum Gasteiger partial charge on any atom is -0.462 e. The monoisotopic (exact) mass is 1100 g/mol. The molecule has 1 unspecified atom stereocenters. The fourth-order valence-corrected chi connectivity index (χ4v) is 9.54. The Hall–Kier alpha value is -3.67. The number of unbranched alkanes of at least 4 members (excludes halogenated alkanes) is 34. The molecule has 79 heavy (non-hydrogen) atoms. The minimum atomic E-state index is -0.783. The SMILES string of the molecule is CC/C=C\C/C=C\C/C=C\C/C=C\C/C=C\C/C=C\C/C=C\CCCCCCCCCCCC(=O)OCC(COC(=O)CCCCCCCCCCCCCCCC)OC(=O)CCCCCCC/C=C\CCCCCCCCC. The van der Waals surface area contributed by atoms with Gasteiger partial charge >= 0.3 is 17.9 Å². The lowest BCUT2D eigenvalue weighted by molar-refractivity contribution is -0.167. The van der Waals surface area contributed by atoms with Crippen LogP contribution in [0, 0.1) is 0 Å². The molecule has 0 aromatic carbocycles. The number of hydrogen-bond acceptors (Lipinski definition) is 6. The lowest BCUT2D eigenvalue weighted by Crippen LogP contribution is -2.30. The number of carbonyl (C=O) groups is 3. The fourth-order valence-electron chi connectivity index (χ4n) is 9.54. The van der Waals surface area contributed by atoms with E-state index in [1.165, 1.54) is 167 Å². The predicted octanol–water partition coefficient (Wildman–Crippen LogP) is 23.2. The van der Waals surface area contributed by atoms with Crippen LogP contribution in [-0.4, -0.2) is 37.2 Å². The molecule has 6 nitrogen and oxygen atoms in total. The van der Waals surface area contributed by atoms with Crippen LogP contribution < -0.4 is 0 Å². The van der Waals surface area contributed by atoms with Crippen LogP contribution >= 0.6 is 0 Å². The molecule has 0 aliphatic heterocycles. The third kappa shape index (κ3) is 65.0. The lowest BCUT2D eigenvalue weighted by atomic mass is 10.0. The van der Waals surface area contributed by atoms with E-state index in [1.807, 2.05) is 0 Å². The molecular weight excluding hydrogens is 973 g/mol. The molecule has 0 rings (SSSR count). The van der Waals surface area contributed by atoms with Crippen LogP contribution in [0.3, 0.4) is 0 Å². The van der Waals surface area contributed by atoms with Gasteiger partial charge in [-0.3, -0.25) is 14.4 Å². The van der Waals surface area contributed by atoms with Crippen molar-refractivity contribution < 1.29 is 28.6 Å². The van der Waals surface area contributed by atoms with E-state index in [9.17, 15) is 14.4 Å². The second kappa shape index (κ2) is 66.8. The smallest absolute Gasteiger partial charge is 0.306 e. The molecular formula is C73H126O6. The van der Waals surface area contributed by atoms with Crippen LogP contribution in [0.25, 0.3) is 0 Å². The van der Waals surface area contributed by atoms with Crippen molar-refractivity contribution in [2.75, 3.05) is 13.2 Å². The summed E-state index contributed by atoms with van der Waals surface area (Å²) in [5, 5.41) is 0. The number of carbonyl (C=O) groups excluding carboxylic acids is 3. The van der Waals surface area contributed by atoms with Crippen LogP contribution in [0.4, 0.5) is 0 Å². The van der Waals surface area contributed by atoms with Crippen molar-refractivity contribution in [3.8, 4) is 0 Å². The Morgan fingerprint density at radius 3 is 0.785 bits per heavy atom. The molecule has 0 heterocycles. The van der Waals surface area contributed by atoms with Crippen LogP contribution in [-0.2, 0) is 28.6 Å². The van der Waals surface area contributed by atoms with E-state index in [0.29, 0.717) is 19.3 Å². The van der Waals surface area contributed by atoms with Crippen molar-refractivity contribution in [2.24, 2.45) is 0 Å². The highest BCUT2D eigenvalue weighted by Gasteiger charge is 2.19. The average Bonchev–Trinajstić information content (AvgIpc) is 3.45. The van der Waals surface area contributed by atoms with Gasteiger partial charge in [-0.15, -0.1) is 0 Å². The van der Waals surface area contributed by atoms with Crippen molar-refractivity contribution in [2.45, 2.75) is 335 Å². The Balaban J connectivity index is 4.28. The molecule has 1 atom stereocenters. The topological polar surface area (TPSA) is 78.9 Å². The molecule has 0 saturated heterocycles. The highest BCUT2D eigenvalue weighted by molar-refractivity contribution is 5.71. The molecule has 0 radical (unpaired) electrons. The van der Waals surface area contributed by atoms with Crippen LogP contribution in [0.5, 0.6) is 0 Å². The van der Waals surface area contributed by atoms with Gasteiger partial charge in [-0.25, -0.2) is 0 Å². The zero-order valence-electron chi connectivity index (χ0n) is 52.1. The van der Waals surface area contributed by atoms with E-state index in [-0.39, 0.29) is 31.1 Å². The molecule has 0 amide bonds. The molecule has 0 spiro atoms. The van der Waals surface area contributed by atoms with Crippen LogP contribution in [0.2, 0.25) is 0 Å². The van der Waals surface area contributed by atoms with Crippen molar-refractivity contribution in [3.63, 3.8) is 0 Å². The summed E-state index contributed by atoms with van der Waals surface area (Å²) in [6.45, 7) is 6.55. The average molecular weight is 1100 g/mol. The van der Waals surface area contributed by atoms with E-state index in [4.69, 9.17) is 14.2 Å². The molecule has 0 fully saturated rings. The van der Waals surface area contributed by atoms with Crippen molar-refractivity contribution >= 4 is 17.9 Å². The third-order valence-corrected chi connectivity index (χ3v) is 14.6. The highest BCUT2D eigenvalue weighted by Crippen LogP contribution is 2.17. The Kier molecular flexibility index (Phi) is 63.7. The molecule has 0 aliphatic rings. The van der Waals surface area contributed by atoms with Crippen molar-refractivity contribution in [1.82, 2.24) is 0 Å². The largest absolute Gasteiger partial charge is 0.462 e. The summed E-state index contributed by atoms with van der Waals surface area (Å²) in [4.78, 5) is 38.3. The van der Waals surface area contributed by atoms with Gasteiger partial charge in [0.25, 0.3) is 0 Å². The second-order valence-corrected chi connectivity index (χ2v) is 22.4. The summed E-state index contributed by atoms with van der Waals surface area (Å²) in [6, 6.07) is 0. The van der Waals surface area contributed by atoms with Crippen LogP contribution in [0.15, 0.2) is 97.2 Å². The Bertz CT molecular complexity index is 1540. The predicted molar refractivity (Wildman–Crippen MR) is 344 cm³/mol. The molecule has 0 saturated carbocycles. The number of rotatable bonds is 61. The normalized spacial score (nSPS) is 12.7. The van der Waals surface area contributed by atoms with Crippen molar-refractivity contribution in [3.05, 3.63) is 97.2 Å². The zero-order valence-corrected chi connectivity index (χ0v) is 52.1. The van der Waals surface area contributed by atoms with Gasteiger partial charge in [-0.05, 0) is 103 Å². The summed E-state index contributed by atoms with van der Waals surface area (Å²) in [6.07, 6.45) is 89.9. The van der Waals surface area contributed by atoms with Gasteiger partial charge in [0.05, 0.1) is 0 Å². The second-order valence-electron chi connectivity index (χ2n) is 22.4. The standard InChI is InChI=1S/C73H126O6/c1-4-7-10-13-16-19-22-25-28-30-31-32-33-34-35-36-37-38-39-40-41-42-43-44-46-48-51-54-57-60-63-66-72(75)78-69-70(68-77-71(74)65-62-59-56-53-50-47-27-24-21-18-15-12-9-6-3)79-73(76)67-64-61-58-55-52-49-45-29-26-23-20-17-14-11-8-5-2/h7,10,16,19,25,28-29,31-32,34-35,37-38,40-41,45,70H,4-6,8-9,11-15,17-18,20-24,26-27,30,33,36,39,42-44,46-69H2,1-3H3/b10-7-,19-16-,28-25-,32-31-,35-34-,38-37-,41-40-,45-29-. The van der Waals surface area contributed by atoms with E-state index >= 15 is 0 Å². The summed E-state index contributed by atoms with van der Waals surface area (Å²) in [7, 11) is 0. The Morgan fingerprint density at radius 2 is 0.494 bits per heavy atom. The van der Waals surface area contributed by atoms with E-state index in [2.05, 4.69) is 118 Å². The van der Waals surface area contributed by atoms with Crippen LogP contribution in [0.1, 0.15) is 329 Å². The quantitative estimate of drug-likeness (QED) is 0.0261. The molecule has 6 heteroatoms. The summed E-state index contributed by atoms with van der Waals surface area (Å²) < 4.78 is 16.9. The summed E-state index contributed by atoms with van der Waals surface area (Å²) in [5.74, 6) is -0.879. The van der Waals surface area contributed by atoms with Gasteiger partial charge in [0.2, 0.25) is 0 Å². The first-order valence-corrected chi connectivity index (χ1v) is 33.7. The number of allylic oxidation sites excluding steroid dienone is 16. The highest BCUT2D eigenvalue weighted by atomic mass is 16.6. The van der Waals surface area contributed by atoms with Crippen molar-refractivity contribution in [1.29, 1.82) is 0 Å². The first-order chi connectivity index (χ1) is 39.0. The molecule has 0 aliphatic carbocycles. The van der Waals surface area contributed by atoms with E-state index < -0.39 is 6.10 Å². The summed E-state index contributed by atoms with van der Waals surface area (Å²) in [5.41, 5.74) is 0. The van der Waals surface area contributed by atoms with Gasteiger partial charge in [0.1, 0.15) is 13.2 Å². The molecule has 0 aromatic rings. The maximum atomic E-state index is 12.9. The first kappa shape index (κ1) is 75.3. The van der Waals surface area contributed by atoms with E-state index in [1.54, 1.807) is 0 Å². The number of hydrogen-bond donors (Lipinski definition) is 0. The lowest BCUT2D eigenvalue weighted by Gasteiger charge is -2.18. The minimum absolute atomic E-state index is 0.0787. The van der Waals surface area contributed by atoms with Gasteiger partial charge < -0.3 is 14.2 Å². The maximum absolute atomic E-state index is 12.9. The third-order valence-electron chi connectivity index (χ3n) is 14.6. The molecule has 454 valence electrons. The van der Waals surface area contributed by atoms with Gasteiger partial charge in [-0.2, -0.15) is 0 Å². The summed E-state index contributed by atoms with van der Waals surface area (Å²) >= 11 is 0.